The van der Waals surface area contributed by atoms with Crippen LogP contribution >= 0.6 is 0 Å². The summed E-state index contributed by atoms with van der Waals surface area (Å²) in [5.74, 6) is 2.99. The van der Waals surface area contributed by atoms with E-state index < -0.39 is 5.41 Å². The van der Waals surface area contributed by atoms with Crippen LogP contribution in [0, 0.1) is 17.8 Å². The predicted molar refractivity (Wildman–Crippen MR) is 57.1 cm³/mol. The van der Waals surface area contributed by atoms with Crippen LogP contribution in [0.15, 0.2) is 11.6 Å². The van der Waals surface area contributed by atoms with E-state index >= 15 is 0 Å². The number of hydrogen-bond donors (Lipinski definition) is 0. The molecule has 0 aromatic rings. The Labute approximate surface area is 89.7 Å². The van der Waals surface area contributed by atoms with Crippen LogP contribution in [0.4, 0.5) is 0 Å². The van der Waals surface area contributed by atoms with Crippen LogP contribution < -0.4 is 0 Å². The first-order chi connectivity index (χ1) is 7.19. The lowest BCUT2D eigenvalue weighted by Crippen LogP contribution is -2.39. The Bertz CT molecular complexity index is 384. The van der Waals surface area contributed by atoms with Crippen LogP contribution in [0.25, 0.3) is 0 Å². The topological polar surface area (TPSA) is 34.1 Å². The Morgan fingerprint density at radius 2 is 2.13 bits per heavy atom. The lowest BCUT2D eigenvalue weighted by molar-refractivity contribution is -0.129. The molecule has 1 saturated carbocycles. The number of hydrogen-bond acceptors (Lipinski definition) is 2. The molecule has 2 heteroatoms. The van der Waals surface area contributed by atoms with E-state index in [9.17, 15) is 9.59 Å². The lowest BCUT2D eigenvalue weighted by Gasteiger charge is -2.39. The second-order valence-corrected chi connectivity index (χ2v) is 4.38. The molecule has 2 aliphatic rings. The third-order valence-corrected chi connectivity index (χ3v) is 3.54. The van der Waals surface area contributed by atoms with Crippen molar-refractivity contribution in [3.8, 4) is 12.3 Å². The molecule has 0 spiro atoms. The molecule has 0 aliphatic heterocycles. The first-order valence-electron chi connectivity index (χ1n) is 5.40. The second-order valence-electron chi connectivity index (χ2n) is 4.38. The number of fused-ring (bicyclic) bond motifs is 1. The van der Waals surface area contributed by atoms with E-state index in [1.807, 2.05) is 0 Å². The van der Waals surface area contributed by atoms with Gasteiger partial charge in [0.15, 0.2) is 5.78 Å². The highest BCUT2D eigenvalue weighted by Gasteiger charge is 2.44. The van der Waals surface area contributed by atoms with Crippen molar-refractivity contribution >= 4 is 11.6 Å². The van der Waals surface area contributed by atoms with E-state index in [1.165, 1.54) is 0 Å². The van der Waals surface area contributed by atoms with Crippen molar-refractivity contribution in [3.05, 3.63) is 11.6 Å². The van der Waals surface area contributed by atoms with Crippen LogP contribution in [-0.2, 0) is 9.59 Å². The third-order valence-electron chi connectivity index (χ3n) is 3.54. The van der Waals surface area contributed by atoms with Crippen LogP contribution in [0.2, 0.25) is 0 Å². The lowest BCUT2D eigenvalue weighted by atomic mass is 9.62. The zero-order valence-corrected chi connectivity index (χ0v) is 8.71. The molecule has 2 rings (SSSR count). The van der Waals surface area contributed by atoms with Gasteiger partial charge in [0.25, 0.3) is 0 Å². The summed E-state index contributed by atoms with van der Waals surface area (Å²) >= 11 is 0. The van der Waals surface area contributed by atoms with Gasteiger partial charge in [-0.3, -0.25) is 9.59 Å². The Hall–Kier alpha value is -1.36. The average Bonchev–Trinajstić information content (AvgIpc) is 2.21. The van der Waals surface area contributed by atoms with Crippen molar-refractivity contribution in [2.24, 2.45) is 5.41 Å². The number of allylic oxidation sites excluding steroid dienone is 2. The maximum atomic E-state index is 12.0. The van der Waals surface area contributed by atoms with Gasteiger partial charge in [-0.05, 0) is 25.3 Å². The first kappa shape index (κ1) is 10.2. The molecule has 2 nitrogen and oxygen atoms in total. The van der Waals surface area contributed by atoms with E-state index in [4.69, 9.17) is 6.42 Å². The number of Topliss-reactive ketones (excluding diaryl/α,β-unsaturated/α-hetero) is 1. The van der Waals surface area contributed by atoms with Gasteiger partial charge in [0.2, 0.25) is 0 Å². The van der Waals surface area contributed by atoms with Gasteiger partial charge in [-0.15, -0.1) is 12.3 Å². The number of terminal acetylenes is 1. The maximum Gasteiger partial charge on any atom is 0.155 e. The highest BCUT2D eigenvalue weighted by molar-refractivity contribution is 5.98. The SMILES string of the molecule is C#CC[C@]12CCC(=O)C=C1CCCC2=O. The zero-order valence-electron chi connectivity index (χ0n) is 8.71. The standard InChI is InChI=1S/C13H14O2/c1-2-7-13-8-6-11(14)9-10(13)4-3-5-12(13)15/h1,9H,3-8H2/t13-/m0/s1. The summed E-state index contributed by atoms with van der Waals surface area (Å²) < 4.78 is 0. The van der Waals surface area contributed by atoms with Crippen molar-refractivity contribution in [2.75, 3.05) is 0 Å². The van der Waals surface area contributed by atoms with Gasteiger partial charge < -0.3 is 0 Å². The van der Waals surface area contributed by atoms with Crippen LogP contribution in [0.5, 0.6) is 0 Å². The Morgan fingerprint density at radius 3 is 2.87 bits per heavy atom. The molecule has 78 valence electrons. The number of carbonyl (C=O) groups excluding carboxylic acids is 2. The fourth-order valence-electron chi connectivity index (χ4n) is 2.69. The molecule has 0 heterocycles. The molecule has 15 heavy (non-hydrogen) atoms. The summed E-state index contributed by atoms with van der Waals surface area (Å²) in [6, 6.07) is 0. The van der Waals surface area contributed by atoms with E-state index in [-0.39, 0.29) is 11.6 Å². The summed E-state index contributed by atoms with van der Waals surface area (Å²) in [5, 5.41) is 0. The fourth-order valence-corrected chi connectivity index (χ4v) is 2.69. The van der Waals surface area contributed by atoms with E-state index in [0.717, 1.165) is 18.4 Å². The zero-order chi connectivity index (χ0) is 10.9. The van der Waals surface area contributed by atoms with Gasteiger partial charge in [0.05, 0.1) is 5.41 Å². The predicted octanol–water partition coefficient (Wildman–Crippen LogP) is 2.04. The minimum absolute atomic E-state index is 0.146. The smallest absolute Gasteiger partial charge is 0.155 e. The van der Waals surface area contributed by atoms with Crippen LogP contribution in [0.3, 0.4) is 0 Å². The Balaban J connectivity index is 2.43. The van der Waals surface area contributed by atoms with Gasteiger partial charge in [-0.25, -0.2) is 0 Å². The summed E-state index contributed by atoms with van der Waals surface area (Å²) in [6.07, 6.45) is 10.9. The van der Waals surface area contributed by atoms with E-state index in [0.29, 0.717) is 25.7 Å². The third kappa shape index (κ3) is 1.52. The van der Waals surface area contributed by atoms with Gasteiger partial charge in [-0.2, -0.15) is 0 Å². The minimum Gasteiger partial charge on any atom is -0.299 e. The van der Waals surface area contributed by atoms with Gasteiger partial charge in [0.1, 0.15) is 5.78 Å². The number of rotatable bonds is 1. The molecule has 0 radical (unpaired) electrons. The van der Waals surface area contributed by atoms with Gasteiger partial charge >= 0.3 is 0 Å². The van der Waals surface area contributed by atoms with Crippen molar-refractivity contribution in [1.82, 2.24) is 0 Å². The summed E-state index contributed by atoms with van der Waals surface area (Å²) in [6.45, 7) is 0. The fraction of sp³-hybridized carbons (Fsp3) is 0.538. The number of carbonyl (C=O) groups is 2. The van der Waals surface area contributed by atoms with Gasteiger partial charge in [-0.1, -0.05) is 5.57 Å². The Morgan fingerprint density at radius 1 is 1.33 bits per heavy atom. The highest BCUT2D eigenvalue weighted by atomic mass is 16.1. The summed E-state index contributed by atoms with van der Waals surface area (Å²) in [5.41, 5.74) is 0.522. The molecule has 2 aliphatic carbocycles. The molecule has 0 unspecified atom stereocenters. The molecular weight excluding hydrogens is 188 g/mol. The molecule has 1 atom stereocenters. The van der Waals surface area contributed by atoms with Crippen LogP contribution in [-0.4, -0.2) is 11.6 Å². The Kier molecular flexibility index (Phi) is 2.48. The largest absolute Gasteiger partial charge is 0.299 e. The normalized spacial score (nSPS) is 30.5. The van der Waals surface area contributed by atoms with Crippen LogP contribution in [0.1, 0.15) is 38.5 Å². The maximum absolute atomic E-state index is 12.0. The van der Waals surface area contributed by atoms with Gasteiger partial charge in [0, 0.05) is 19.3 Å². The number of ketones is 2. The van der Waals surface area contributed by atoms with Crippen molar-refractivity contribution in [3.63, 3.8) is 0 Å². The molecule has 0 aromatic carbocycles. The van der Waals surface area contributed by atoms with Crippen molar-refractivity contribution in [2.45, 2.75) is 38.5 Å². The second kappa shape index (κ2) is 3.66. The molecule has 0 bridgehead atoms. The molecule has 0 saturated heterocycles. The molecule has 0 aromatic heterocycles. The molecule has 0 amide bonds. The molecule has 1 fully saturated rings. The quantitative estimate of drug-likeness (QED) is 0.610. The molecular formula is C13H14O2. The summed E-state index contributed by atoms with van der Waals surface area (Å²) in [7, 11) is 0. The molecule has 0 N–H and O–H groups in total. The summed E-state index contributed by atoms with van der Waals surface area (Å²) in [4.78, 5) is 23.3. The first-order valence-corrected chi connectivity index (χ1v) is 5.40. The van der Waals surface area contributed by atoms with Crippen molar-refractivity contribution in [1.29, 1.82) is 0 Å². The average molecular weight is 202 g/mol. The monoisotopic (exact) mass is 202 g/mol. The minimum atomic E-state index is -0.471. The van der Waals surface area contributed by atoms with E-state index in [2.05, 4.69) is 5.92 Å². The van der Waals surface area contributed by atoms with E-state index in [1.54, 1.807) is 6.08 Å². The van der Waals surface area contributed by atoms with Crippen molar-refractivity contribution < 1.29 is 9.59 Å². The highest BCUT2D eigenvalue weighted by Crippen LogP contribution is 2.46.